The molecular weight excluding hydrogens is 200 g/mol. The van der Waals surface area contributed by atoms with Gasteiger partial charge in [-0.1, -0.05) is 0 Å². The molecule has 15 heavy (non-hydrogen) atoms. The number of rotatable bonds is 4. The molecule has 0 aliphatic rings. The summed E-state index contributed by atoms with van der Waals surface area (Å²) in [7, 11) is 0. The third-order valence-electron chi connectivity index (χ3n) is 1.75. The third kappa shape index (κ3) is 3.14. The van der Waals surface area contributed by atoms with Crippen molar-refractivity contribution in [2.45, 2.75) is 6.42 Å². The molecule has 3 N–H and O–H groups in total. The number of phenols is 2. The normalized spacial score (nSPS) is 9.93. The molecule has 0 unspecified atom stereocenters. The number of esters is 1. The van der Waals surface area contributed by atoms with Gasteiger partial charge in [-0.05, 0) is 18.2 Å². The summed E-state index contributed by atoms with van der Waals surface area (Å²) in [5.41, 5.74) is 0.156. The van der Waals surface area contributed by atoms with Gasteiger partial charge in [-0.2, -0.15) is 0 Å². The van der Waals surface area contributed by atoms with E-state index in [-0.39, 0.29) is 30.3 Å². The van der Waals surface area contributed by atoms with Crippen LogP contribution in [0.3, 0.4) is 0 Å². The summed E-state index contributed by atoms with van der Waals surface area (Å²) in [6, 6.07) is 3.67. The van der Waals surface area contributed by atoms with Gasteiger partial charge in [0.25, 0.3) is 0 Å². The highest BCUT2D eigenvalue weighted by Crippen LogP contribution is 2.25. The van der Waals surface area contributed by atoms with Crippen LogP contribution in [0.2, 0.25) is 0 Å². The summed E-state index contributed by atoms with van der Waals surface area (Å²) >= 11 is 0. The first-order chi connectivity index (χ1) is 7.15. The van der Waals surface area contributed by atoms with E-state index < -0.39 is 5.97 Å². The molecule has 1 aromatic rings. The van der Waals surface area contributed by atoms with Gasteiger partial charge in [0, 0.05) is 13.0 Å². The Balaban J connectivity index is 2.62. The standard InChI is InChI=1S/C10H12O5/c11-4-1-5-15-10(14)7-2-3-8(12)9(13)6-7/h2-3,6,11-13H,1,4-5H2. The Kier molecular flexibility index (Phi) is 3.93. The van der Waals surface area contributed by atoms with Crippen LogP contribution in [0.15, 0.2) is 18.2 Å². The van der Waals surface area contributed by atoms with Crippen LogP contribution in [-0.2, 0) is 4.74 Å². The predicted molar refractivity (Wildman–Crippen MR) is 51.8 cm³/mol. The molecule has 0 saturated carbocycles. The SMILES string of the molecule is O=C(OCCCO)c1ccc(O)c(O)c1. The summed E-state index contributed by atoms with van der Waals surface area (Å²) in [5, 5.41) is 26.6. The van der Waals surface area contributed by atoms with Crippen molar-refractivity contribution in [2.24, 2.45) is 0 Å². The second-order valence-corrected chi connectivity index (χ2v) is 2.92. The molecular formula is C10H12O5. The summed E-state index contributed by atoms with van der Waals surface area (Å²) in [6.45, 7) is 0.0745. The van der Waals surface area contributed by atoms with Gasteiger partial charge in [0.1, 0.15) is 0 Å². The highest BCUT2D eigenvalue weighted by molar-refractivity contribution is 5.90. The molecule has 1 aromatic carbocycles. The lowest BCUT2D eigenvalue weighted by Crippen LogP contribution is -2.07. The van der Waals surface area contributed by atoms with E-state index >= 15 is 0 Å². The fourth-order valence-corrected chi connectivity index (χ4v) is 0.963. The van der Waals surface area contributed by atoms with Crippen LogP contribution in [0.25, 0.3) is 0 Å². The van der Waals surface area contributed by atoms with Crippen LogP contribution in [0.5, 0.6) is 11.5 Å². The van der Waals surface area contributed by atoms with Crippen molar-refractivity contribution >= 4 is 5.97 Å². The van der Waals surface area contributed by atoms with E-state index in [2.05, 4.69) is 0 Å². The van der Waals surface area contributed by atoms with Gasteiger partial charge in [-0.15, -0.1) is 0 Å². The maximum atomic E-state index is 11.3. The number of aliphatic hydroxyl groups is 1. The maximum Gasteiger partial charge on any atom is 0.338 e. The molecule has 0 saturated heterocycles. The zero-order valence-electron chi connectivity index (χ0n) is 8.01. The zero-order valence-corrected chi connectivity index (χ0v) is 8.01. The van der Waals surface area contributed by atoms with Gasteiger partial charge >= 0.3 is 5.97 Å². The smallest absolute Gasteiger partial charge is 0.338 e. The van der Waals surface area contributed by atoms with E-state index in [1.165, 1.54) is 12.1 Å². The van der Waals surface area contributed by atoms with Crippen LogP contribution in [-0.4, -0.2) is 34.5 Å². The van der Waals surface area contributed by atoms with Crippen LogP contribution < -0.4 is 0 Å². The second kappa shape index (κ2) is 5.21. The zero-order chi connectivity index (χ0) is 11.3. The van der Waals surface area contributed by atoms with E-state index in [1.54, 1.807) is 0 Å². The monoisotopic (exact) mass is 212 g/mol. The Hall–Kier alpha value is -1.75. The van der Waals surface area contributed by atoms with E-state index in [9.17, 15) is 4.79 Å². The van der Waals surface area contributed by atoms with E-state index in [4.69, 9.17) is 20.1 Å². The average molecular weight is 212 g/mol. The van der Waals surface area contributed by atoms with E-state index in [0.717, 1.165) is 6.07 Å². The molecule has 0 bridgehead atoms. The fourth-order valence-electron chi connectivity index (χ4n) is 0.963. The fraction of sp³-hybridized carbons (Fsp3) is 0.300. The average Bonchev–Trinajstić information content (AvgIpc) is 2.22. The molecule has 5 nitrogen and oxygen atoms in total. The van der Waals surface area contributed by atoms with E-state index in [1.807, 2.05) is 0 Å². The minimum Gasteiger partial charge on any atom is -0.504 e. The van der Waals surface area contributed by atoms with Crippen LogP contribution in [0, 0.1) is 0 Å². The first kappa shape index (κ1) is 11.3. The number of hydrogen-bond acceptors (Lipinski definition) is 5. The number of aromatic hydroxyl groups is 2. The molecule has 0 amide bonds. The van der Waals surface area contributed by atoms with Gasteiger partial charge in [0.2, 0.25) is 0 Å². The molecule has 0 heterocycles. The summed E-state index contributed by atoms with van der Waals surface area (Å²) in [5.74, 6) is -1.26. The number of phenolic OH excluding ortho intramolecular Hbond substituents is 2. The molecule has 0 fully saturated rings. The number of carbonyl (C=O) groups is 1. The van der Waals surface area contributed by atoms with Gasteiger partial charge in [0.15, 0.2) is 11.5 Å². The number of ether oxygens (including phenoxy) is 1. The molecule has 0 radical (unpaired) electrons. The lowest BCUT2D eigenvalue weighted by atomic mass is 10.2. The van der Waals surface area contributed by atoms with Gasteiger partial charge < -0.3 is 20.1 Å². The molecule has 0 aliphatic carbocycles. The number of aliphatic hydroxyl groups excluding tert-OH is 1. The Bertz CT molecular complexity index is 348. The maximum absolute atomic E-state index is 11.3. The quantitative estimate of drug-likeness (QED) is 0.387. The van der Waals surface area contributed by atoms with Crippen LogP contribution in [0.1, 0.15) is 16.8 Å². The van der Waals surface area contributed by atoms with Crippen LogP contribution >= 0.6 is 0 Å². The lowest BCUT2D eigenvalue weighted by Gasteiger charge is -2.04. The third-order valence-corrected chi connectivity index (χ3v) is 1.75. The van der Waals surface area contributed by atoms with Crippen molar-refractivity contribution in [3.63, 3.8) is 0 Å². The van der Waals surface area contributed by atoms with Crippen molar-refractivity contribution in [1.82, 2.24) is 0 Å². The molecule has 5 heteroatoms. The highest BCUT2D eigenvalue weighted by atomic mass is 16.5. The summed E-state index contributed by atoms with van der Waals surface area (Å²) in [4.78, 5) is 11.3. The van der Waals surface area contributed by atoms with Gasteiger partial charge in [-0.3, -0.25) is 0 Å². The predicted octanol–water partition coefficient (Wildman–Crippen LogP) is 0.637. The summed E-state index contributed by atoms with van der Waals surface area (Å²) < 4.78 is 4.77. The van der Waals surface area contributed by atoms with Gasteiger partial charge in [-0.25, -0.2) is 4.79 Å². The van der Waals surface area contributed by atoms with Gasteiger partial charge in [0.05, 0.1) is 12.2 Å². The second-order valence-electron chi connectivity index (χ2n) is 2.92. The minimum atomic E-state index is -0.598. The molecule has 0 aliphatic heterocycles. The molecule has 0 spiro atoms. The Morgan fingerprint density at radius 1 is 1.27 bits per heavy atom. The van der Waals surface area contributed by atoms with Crippen molar-refractivity contribution in [3.8, 4) is 11.5 Å². The largest absolute Gasteiger partial charge is 0.504 e. The summed E-state index contributed by atoms with van der Waals surface area (Å²) in [6.07, 6.45) is 0.371. The molecule has 1 rings (SSSR count). The van der Waals surface area contributed by atoms with Crippen LogP contribution in [0.4, 0.5) is 0 Å². The topological polar surface area (TPSA) is 87.0 Å². The number of hydrogen-bond donors (Lipinski definition) is 3. The van der Waals surface area contributed by atoms with Crippen molar-refractivity contribution in [2.75, 3.05) is 13.2 Å². The first-order valence-electron chi connectivity index (χ1n) is 4.45. The number of benzene rings is 1. The van der Waals surface area contributed by atoms with E-state index in [0.29, 0.717) is 6.42 Å². The number of carbonyl (C=O) groups excluding carboxylic acids is 1. The minimum absolute atomic E-state index is 0.0475. The van der Waals surface area contributed by atoms with Crippen molar-refractivity contribution < 1.29 is 24.9 Å². The Morgan fingerprint density at radius 2 is 2.00 bits per heavy atom. The Morgan fingerprint density at radius 3 is 2.60 bits per heavy atom. The lowest BCUT2D eigenvalue weighted by molar-refractivity contribution is 0.0481. The highest BCUT2D eigenvalue weighted by Gasteiger charge is 2.09. The van der Waals surface area contributed by atoms with Crippen molar-refractivity contribution in [3.05, 3.63) is 23.8 Å². The van der Waals surface area contributed by atoms with Crippen molar-refractivity contribution in [1.29, 1.82) is 0 Å². The molecule has 0 aromatic heterocycles. The first-order valence-corrected chi connectivity index (χ1v) is 4.45. The molecule has 82 valence electrons. The molecule has 0 atom stereocenters. The Labute approximate surface area is 86.5 Å².